The Hall–Kier alpha value is -2.96. The zero-order chi connectivity index (χ0) is 15.7. The highest BCUT2D eigenvalue weighted by Gasteiger charge is 2.14. The van der Waals surface area contributed by atoms with Gasteiger partial charge in [0, 0.05) is 6.92 Å². The van der Waals surface area contributed by atoms with E-state index in [2.05, 4.69) is 15.0 Å². The first kappa shape index (κ1) is 14.0. The van der Waals surface area contributed by atoms with Gasteiger partial charge in [0.15, 0.2) is 11.2 Å². The van der Waals surface area contributed by atoms with Gasteiger partial charge in [-0.3, -0.25) is 9.59 Å². The number of nitrogens with zero attached hydrogens (tertiary/aromatic N) is 3. The van der Waals surface area contributed by atoms with Crippen molar-refractivity contribution in [3.05, 3.63) is 52.8 Å². The number of hydrogen-bond donors (Lipinski definition) is 1. The minimum absolute atomic E-state index is 0.116. The van der Waals surface area contributed by atoms with Gasteiger partial charge >= 0.3 is 5.97 Å². The van der Waals surface area contributed by atoms with Crippen molar-refractivity contribution < 1.29 is 9.53 Å². The third-order valence-corrected chi connectivity index (χ3v) is 3.38. The van der Waals surface area contributed by atoms with Gasteiger partial charge in [0.1, 0.15) is 5.75 Å². The lowest BCUT2D eigenvalue weighted by Crippen LogP contribution is -2.10. The van der Waals surface area contributed by atoms with Crippen LogP contribution in [0, 0.1) is 0 Å². The topological polar surface area (TPSA) is 89.9 Å². The highest BCUT2D eigenvalue weighted by Crippen LogP contribution is 2.24. The Kier molecular flexibility index (Phi) is 3.46. The van der Waals surface area contributed by atoms with Crippen LogP contribution in [-0.2, 0) is 4.79 Å². The van der Waals surface area contributed by atoms with Crippen LogP contribution < -0.4 is 10.3 Å². The Labute approximate surface area is 125 Å². The fraction of sp³-hybridized carbons (Fsp3) is 0.200. The molecule has 0 aliphatic rings. The summed E-state index contributed by atoms with van der Waals surface area (Å²) in [6.07, 6.45) is 2.93. The second-order valence-corrected chi connectivity index (χ2v) is 4.90. The minimum Gasteiger partial charge on any atom is -0.427 e. The van der Waals surface area contributed by atoms with E-state index >= 15 is 0 Å². The van der Waals surface area contributed by atoms with Crippen LogP contribution in [-0.4, -0.2) is 25.5 Å². The number of carbonyl (C=O) groups excluding carboxylic acids is 1. The van der Waals surface area contributed by atoms with E-state index in [0.717, 1.165) is 5.56 Å². The van der Waals surface area contributed by atoms with Gasteiger partial charge in [-0.2, -0.15) is 0 Å². The molecule has 0 radical (unpaired) electrons. The number of aromatic amines is 1. The molecular formula is C15H14N4O3. The molecule has 2 heterocycles. The summed E-state index contributed by atoms with van der Waals surface area (Å²) < 4.78 is 6.90. The Morgan fingerprint density at radius 2 is 2.18 bits per heavy atom. The molecule has 0 bridgehead atoms. The van der Waals surface area contributed by atoms with Crippen molar-refractivity contribution in [3.8, 4) is 5.75 Å². The molecule has 0 aliphatic carbocycles. The maximum absolute atomic E-state index is 11.7. The minimum atomic E-state index is -0.369. The van der Waals surface area contributed by atoms with E-state index in [1.807, 2.05) is 19.1 Å². The number of esters is 1. The predicted molar refractivity (Wildman–Crippen MR) is 79.7 cm³/mol. The highest BCUT2D eigenvalue weighted by molar-refractivity contribution is 5.70. The maximum Gasteiger partial charge on any atom is 0.308 e. The Morgan fingerprint density at radius 3 is 2.95 bits per heavy atom. The zero-order valence-corrected chi connectivity index (χ0v) is 12.1. The molecule has 0 saturated heterocycles. The molecule has 3 aromatic rings. The van der Waals surface area contributed by atoms with Crippen LogP contribution in [0.5, 0.6) is 5.75 Å². The fourth-order valence-corrected chi connectivity index (χ4v) is 2.31. The van der Waals surface area contributed by atoms with Gasteiger partial charge in [-0.15, -0.1) is 0 Å². The van der Waals surface area contributed by atoms with E-state index in [1.165, 1.54) is 13.3 Å². The molecule has 0 aliphatic heterocycles. The maximum atomic E-state index is 11.7. The van der Waals surface area contributed by atoms with Crippen molar-refractivity contribution in [3.63, 3.8) is 0 Å². The molecule has 0 unspecified atom stereocenters. The first-order valence-electron chi connectivity index (χ1n) is 6.75. The number of benzene rings is 1. The molecule has 1 atom stereocenters. The molecule has 7 heteroatoms. The van der Waals surface area contributed by atoms with Gasteiger partial charge in [0.2, 0.25) is 0 Å². The summed E-state index contributed by atoms with van der Waals surface area (Å²) in [6, 6.07) is 7.10. The van der Waals surface area contributed by atoms with Crippen molar-refractivity contribution in [1.82, 2.24) is 19.5 Å². The van der Waals surface area contributed by atoms with E-state index < -0.39 is 0 Å². The lowest BCUT2D eigenvalue weighted by molar-refractivity contribution is -0.131. The molecule has 22 heavy (non-hydrogen) atoms. The number of ether oxygens (including phenoxy) is 1. The van der Waals surface area contributed by atoms with Gasteiger partial charge in [-0.25, -0.2) is 9.97 Å². The quantitative estimate of drug-likeness (QED) is 0.586. The third-order valence-electron chi connectivity index (χ3n) is 3.38. The first-order chi connectivity index (χ1) is 10.6. The van der Waals surface area contributed by atoms with Crippen LogP contribution in [0.25, 0.3) is 11.2 Å². The van der Waals surface area contributed by atoms with Gasteiger partial charge in [0.05, 0.1) is 18.7 Å². The summed E-state index contributed by atoms with van der Waals surface area (Å²) >= 11 is 0. The smallest absolute Gasteiger partial charge is 0.308 e. The van der Waals surface area contributed by atoms with Crippen LogP contribution in [0.3, 0.4) is 0 Å². The van der Waals surface area contributed by atoms with E-state index in [0.29, 0.717) is 16.9 Å². The SMILES string of the molecule is CC(=O)Oc1cccc([C@@H](C)n2cnc3c(=O)[nH]cnc32)c1. The number of H-pyrrole nitrogens is 1. The molecular weight excluding hydrogens is 284 g/mol. The average Bonchev–Trinajstić information content (AvgIpc) is 2.91. The summed E-state index contributed by atoms with van der Waals surface area (Å²) in [5, 5.41) is 0. The monoisotopic (exact) mass is 298 g/mol. The molecule has 1 N–H and O–H groups in total. The third kappa shape index (κ3) is 2.48. The second-order valence-electron chi connectivity index (χ2n) is 4.90. The van der Waals surface area contributed by atoms with Crippen LogP contribution >= 0.6 is 0 Å². The number of aromatic nitrogens is 4. The molecule has 0 fully saturated rings. The summed E-state index contributed by atoms with van der Waals surface area (Å²) in [7, 11) is 0. The zero-order valence-electron chi connectivity index (χ0n) is 12.1. The lowest BCUT2D eigenvalue weighted by Gasteiger charge is -2.15. The van der Waals surface area contributed by atoms with Gasteiger partial charge in [-0.05, 0) is 24.6 Å². The average molecular weight is 298 g/mol. The fourth-order valence-electron chi connectivity index (χ4n) is 2.31. The normalized spacial score (nSPS) is 12.3. The number of carbonyl (C=O) groups is 1. The van der Waals surface area contributed by atoms with Crippen molar-refractivity contribution in [2.75, 3.05) is 0 Å². The Morgan fingerprint density at radius 1 is 1.36 bits per heavy atom. The lowest BCUT2D eigenvalue weighted by atomic mass is 10.1. The Balaban J connectivity index is 2.02. The van der Waals surface area contributed by atoms with Crippen molar-refractivity contribution in [1.29, 1.82) is 0 Å². The number of fused-ring (bicyclic) bond motifs is 1. The van der Waals surface area contributed by atoms with Crippen LogP contribution in [0.2, 0.25) is 0 Å². The number of imidazole rings is 1. The van der Waals surface area contributed by atoms with Crippen LogP contribution in [0.4, 0.5) is 0 Å². The molecule has 112 valence electrons. The van der Waals surface area contributed by atoms with E-state index in [4.69, 9.17) is 4.74 Å². The standard InChI is InChI=1S/C15H14N4O3/c1-9(11-4-3-5-12(6-11)22-10(2)20)19-8-18-13-14(19)16-7-17-15(13)21/h3-9H,1-2H3,(H,16,17,21)/t9-/m1/s1. The largest absolute Gasteiger partial charge is 0.427 e. The molecule has 3 rings (SSSR count). The summed E-state index contributed by atoms with van der Waals surface area (Å²) in [6.45, 7) is 3.31. The van der Waals surface area contributed by atoms with Crippen LogP contribution in [0.1, 0.15) is 25.5 Å². The van der Waals surface area contributed by atoms with Crippen molar-refractivity contribution in [2.45, 2.75) is 19.9 Å². The molecule has 2 aromatic heterocycles. The molecule has 0 spiro atoms. The van der Waals surface area contributed by atoms with E-state index in [1.54, 1.807) is 23.0 Å². The first-order valence-corrected chi connectivity index (χ1v) is 6.75. The number of hydrogen-bond acceptors (Lipinski definition) is 5. The summed E-state index contributed by atoms with van der Waals surface area (Å²) in [5.74, 6) is 0.109. The second kappa shape index (κ2) is 5.44. The van der Waals surface area contributed by atoms with Gasteiger partial charge < -0.3 is 14.3 Å². The van der Waals surface area contributed by atoms with E-state index in [9.17, 15) is 9.59 Å². The number of nitrogens with one attached hydrogen (secondary N) is 1. The van der Waals surface area contributed by atoms with Gasteiger partial charge in [-0.1, -0.05) is 12.1 Å². The molecule has 7 nitrogen and oxygen atoms in total. The van der Waals surface area contributed by atoms with Crippen molar-refractivity contribution >= 4 is 17.1 Å². The molecule has 1 aromatic carbocycles. The summed E-state index contributed by atoms with van der Waals surface area (Å²) in [5.41, 5.74) is 1.45. The van der Waals surface area contributed by atoms with Crippen molar-refractivity contribution in [2.24, 2.45) is 0 Å². The summed E-state index contributed by atoms with van der Waals surface area (Å²) in [4.78, 5) is 33.5. The number of rotatable bonds is 3. The molecule has 0 saturated carbocycles. The Bertz CT molecular complexity index is 897. The highest BCUT2D eigenvalue weighted by atomic mass is 16.5. The predicted octanol–water partition coefficient (Wildman–Crippen LogP) is 1.65. The van der Waals surface area contributed by atoms with E-state index in [-0.39, 0.29) is 17.6 Å². The molecule has 0 amide bonds. The van der Waals surface area contributed by atoms with Gasteiger partial charge in [0.25, 0.3) is 5.56 Å². The van der Waals surface area contributed by atoms with Crippen LogP contribution in [0.15, 0.2) is 41.7 Å².